The number of benzene rings is 2. The second-order valence-corrected chi connectivity index (χ2v) is 4.27. The van der Waals surface area contributed by atoms with Gasteiger partial charge in [0.2, 0.25) is 0 Å². The number of pyridine rings is 1. The molecule has 1 aromatic heterocycles. The lowest BCUT2D eigenvalue weighted by Crippen LogP contribution is -1.93. The molecule has 1 heterocycles. The van der Waals surface area contributed by atoms with Gasteiger partial charge in [0.15, 0.2) is 0 Å². The fourth-order valence-corrected chi connectivity index (χ4v) is 1.76. The third kappa shape index (κ3) is 4.58. The van der Waals surface area contributed by atoms with Gasteiger partial charge < -0.3 is 5.11 Å². The summed E-state index contributed by atoms with van der Waals surface area (Å²) in [5.41, 5.74) is 2.78. The van der Waals surface area contributed by atoms with Crippen molar-refractivity contribution in [1.82, 2.24) is 4.98 Å². The molecule has 0 fully saturated rings. The van der Waals surface area contributed by atoms with E-state index in [9.17, 15) is 4.79 Å². The number of carboxylic acid groups (broad SMARTS) is 1. The SMILES string of the molecule is O=C(O)c1ccccc1.c1ccc(-c2ccncc2)cc1. The first-order valence-electron chi connectivity index (χ1n) is 6.51. The Hall–Kier alpha value is -2.94. The second kappa shape index (κ2) is 7.60. The molecule has 21 heavy (non-hydrogen) atoms. The van der Waals surface area contributed by atoms with E-state index in [1.807, 2.05) is 42.7 Å². The van der Waals surface area contributed by atoms with Crippen molar-refractivity contribution in [3.63, 3.8) is 0 Å². The molecule has 0 saturated heterocycles. The Morgan fingerprint density at radius 3 is 1.67 bits per heavy atom. The highest BCUT2D eigenvalue weighted by Gasteiger charge is 1.96. The summed E-state index contributed by atoms with van der Waals surface area (Å²) in [6.45, 7) is 0. The average Bonchev–Trinajstić information content (AvgIpc) is 2.58. The maximum absolute atomic E-state index is 10.2. The van der Waals surface area contributed by atoms with Crippen molar-refractivity contribution in [2.24, 2.45) is 0 Å². The lowest BCUT2D eigenvalue weighted by Gasteiger charge is -1.98. The molecule has 0 spiro atoms. The topological polar surface area (TPSA) is 50.2 Å². The fraction of sp³-hybridized carbons (Fsp3) is 0. The van der Waals surface area contributed by atoms with Crippen LogP contribution in [0, 0.1) is 0 Å². The highest BCUT2D eigenvalue weighted by molar-refractivity contribution is 5.87. The van der Waals surface area contributed by atoms with Gasteiger partial charge in [-0.2, -0.15) is 0 Å². The predicted molar refractivity (Wildman–Crippen MR) is 83.1 cm³/mol. The molecule has 0 aliphatic carbocycles. The average molecular weight is 277 g/mol. The lowest BCUT2D eigenvalue weighted by atomic mass is 10.1. The fourth-order valence-electron chi connectivity index (χ4n) is 1.76. The molecular formula is C18H15NO2. The van der Waals surface area contributed by atoms with Crippen molar-refractivity contribution in [3.8, 4) is 11.1 Å². The number of hydrogen-bond acceptors (Lipinski definition) is 2. The van der Waals surface area contributed by atoms with Gasteiger partial charge in [-0.15, -0.1) is 0 Å². The maximum atomic E-state index is 10.2. The number of hydrogen-bond donors (Lipinski definition) is 1. The first-order chi connectivity index (χ1) is 10.3. The van der Waals surface area contributed by atoms with Crippen LogP contribution in [0.4, 0.5) is 0 Å². The van der Waals surface area contributed by atoms with Crippen LogP contribution < -0.4 is 0 Å². The number of aromatic nitrogens is 1. The van der Waals surface area contributed by atoms with Gasteiger partial charge in [0, 0.05) is 12.4 Å². The molecule has 1 N–H and O–H groups in total. The van der Waals surface area contributed by atoms with Crippen LogP contribution in [0.2, 0.25) is 0 Å². The Morgan fingerprint density at radius 1 is 0.714 bits per heavy atom. The minimum absolute atomic E-state index is 0.331. The van der Waals surface area contributed by atoms with Crippen LogP contribution in [0.5, 0.6) is 0 Å². The molecule has 0 aliphatic heterocycles. The summed E-state index contributed by atoms with van der Waals surface area (Å²) in [5, 5.41) is 8.38. The van der Waals surface area contributed by atoms with Crippen molar-refractivity contribution in [2.45, 2.75) is 0 Å². The molecule has 0 saturated carbocycles. The highest BCUT2D eigenvalue weighted by Crippen LogP contribution is 2.16. The molecule has 3 heteroatoms. The molecule has 104 valence electrons. The van der Waals surface area contributed by atoms with Crippen LogP contribution in [0.3, 0.4) is 0 Å². The third-order valence-corrected chi connectivity index (χ3v) is 2.81. The van der Waals surface area contributed by atoms with E-state index < -0.39 is 5.97 Å². The van der Waals surface area contributed by atoms with Gasteiger partial charge in [-0.3, -0.25) is 4.98 Å². The van der Waals surface area contributed by atoms with E-state index in [4.69, 9.17) is 5.11 Å². The molecule has 2 aromatic carbocycles. The third-order valence-electron chi connectivity index (χ3n) is 2.81. The number of rotatable bonds is 2. The van der Waals surface area contributed by atoms with E-state index in [0.29, 0.717) is 5.56 Å². The lowest BCUT2D eigenvalue weighted by molar-refractivity contribution is 0.0697. The van der Waals surface area contributed by atoms with Gasteiger partial charge in [-0.1, -0.05) is 48.5 Å². The van der Waals surface area contributed by atoms with E-state index in [2.05, 4.69) is 17.1 Å². The zero-order valence-corrected chi connectivity index (χ0v) is 11.4. The summed E-state index contributed by atoms with van der Waals surface area (Å²) in [6.07, 6.45) is 3.62. The molecule has 0 atom stereocenters. The number of aromatic carboxylic acids is 1. The summed E-state index contributed by atoms with van der Waals surface area (Å²) in [7, 11) is 0. The minimum atomic E-state index is -0.879. The Bertz CT molecular complexity index is 630. The number of carbonyl (C=O) groups is 1. The summed E-state index contributed by atoms with van der Waals surface area (Å²) in [6, 6.07) is 22.6. The molecular weight excluding hydrogens is 262 g/mol. The molecule has 0 radical (unpaired) electrons. The normalized spacial score (nSPS) is 9.33. The Balaban J connectivity index is 0.000000161. The van der Waals surface area contributed by atoms with E-state index in [-0.39, 0.29) is 0 Å². The maximum Gasteiger partial charge on any atom is 0.335 e. The number of carboxylic acids is 1. The zero-order valence-electron chi connectivity index (χ0n) is 11.4. The summed E-state index contributed by atoms with van der Waals surface area (Å²) in [4.78, 5) is 14.2. The van der Waals surface area contributed by atoms with Gasteiger partial charge in [0.05, 0.1) is 5.56 Å². The van der Waals surface area contributed by atoms with Crippen molar-refractivity contribution in [2.75, 3.05) is 0 Å². The van der Waals surface area contributed by atoms with E-state index >= 15 is 0 Å². The largest absolute Gasteiger partial charge is 0.478 e. The van der Waals surface area contributed by atoms with Crippen molar-refractivity contribution < 1.29 is 9.90 Å². The quantitative estimate of drug-likeness (QED) is 0.766. The molecule has 0 bridgehead atoms. The van der Waals surface area contributed by atoms with Crippen LogP contribution in [0.1, 0.15) is 10.4 Å². The van der Waals surface area contributed by atoms with Gasteiger partial charge in [-0.05, 0) is 35.4 Å². The Morgan fingerprint density at radius 2 is 1.19 bits per heavy atom. The van der Waals surface area contributed by atoms with Crippen LogP contribution in [0.25, 0.3) is 11.1 Å². The van der Waals surface area contributed by atoms with Crippen LogP contribution in [-0.4, -0.2) is 16.1 Å². The number of nitrogens with zero attached hydrogens (tertiary/aromatic N) is 1. The first-order valence-corrected chi connectivity index (χ1v) is 6.51. The molecule has 0 unspecified atom stereocenters. The van der Waals surface area contributed by atoms with Crippen molar-refractivity contribution in [1.29, 1.82) is 0 Å². The van der Waals surface area contributed by atoms with E-state index in [0.717, 1.165) is 0 Å². The van der Waals surface area contributed by atoms with Gasteiger partial charge in [0.25, 0.3) is 0 Å². The summed E-state index contributed by atoms with van der Waals surface area (Å²) >= 11 is 0. The smallest absolute Gasteiger partial charge is 0.335 e. The van der Waals surface area contributed by atoms with Crippen molar-refractivity contribution >= 4 is 5.97 Å². The predicted octanol–water partition coefficient (Wildman–Crippen LogP) is 4.13. The van der Waals surface area contributed by atoms with Gasteiger partial charge in [-0.25, -0.2) is 4.79 Å². The van der Waals surface area contributed by atoms with Crippen LogP contribution >= 0.6 is 0 Å². The molecule has 3 nitrogen and oxygen atoms in total. The summed E-state index contributed by atoms with van der Waals surface area (Å²) < 4.78 is 0. The minimum Gasteiger partial charge on any atom is -0.478 e. The second-order valence-electron chi connectivity index (χ2n) is 4.27. The van der Waals surface area contributed by atoms with Gasteiger partial charge in [0.1, 0.15) is 0 Å². The van der Waals surface area contributed by atoms with Crippen molar-refractivity contribution in [3.05, 3.63) is 90.8 Å². The summed E-state index contributed by atoms with van der Waals surface area (Å²) in [5.74, 6) is -0.879. The zero-order chi connectivity index (χ0) is 14.9. The molecule has 3 aromatic rings. The van der Waals surface area contributed by atoms with Crippen LogP contribution in [-0.2, 0) is 0 Å². The van der Waals surface area contributed by atoms with Gasteiger partial charge >= 0.3 is 5.97 Å². The van der Waals surface area contributed by atoms with E-state index in [1.54, 1.807) is 30.3 Å². The Kier molecular flexibility index (Phi) is 5.24. The highest BCUT2D eigenvalue weighted by atomic mass is 16.4. The van der Waals surface area contributed by atoms with Crippen LogP contribution in [0.15, 0.2) is 85.2 Å². The molecule has 3 rings (SSSR count). The molecule has 0 amide bonds. The monoisotopic (exact) mass is 277 g/mol. The van der Waals surface area contributed by atoms with E-state index in [1.165, 1.54) is 11.1 Å². The Labute approximate surface area is 123 Å². The first kappa shape index (κ1) is 14.5. The molecule has 0 aliphatic rings. The standard InChI is InChI=1S/C11H9N.C7H6O2/c1-2-4-10(5-3-1)11-6-8-12-9-7-11;8-7(9)6-4-2-1-3-5-6/h1-9H;1-5H,(H,8,9).